The molecule has 0 aromatic heterocycles. The van der Waals surface area contributed by atoms with Gasteiger partial charge in [-0.25, -0.2) is 0 Å². The third-order valence-corrected chi connectivity index (χ3v) is 5.06. The van der Waals surface area contributed by atoms with Crippen LogP contribution >= 0.6 is 0 Å². The Morgan fingerprint density at radius 1 is 1.12 bits per heavy atom. The van der Waals surface area contributed by atoms with Gasteiger partial charge in [-0.3, -0.25) is 14.6 Å². The lowest BCUT2D eigenvalue weighted by Gasteiger charge is -2.33. The van der Waals surface area contributed by atoms with Gasteiger partial charge in [-0.2, -0.15) is 0 Å². The van der Waals surface area contributed by atoms with E-state index in [0.29, 0.717) is 6.54 Å². The Bertz CT molecular complexity index is 624. The molecule has 2 aliphatic rings. The Labute approximate surface area is 149 Å². The van der Waals surface area contributed by atoms with Crippen molar-refractivity contribution in [3.63, 3.8) is 0 Å². The Balaban J connectivity index is 1.45. The number of carbonyl (C=O) groups is 1. The number of aliphatic hydroxyl groups is 1. The van der Waals surface area contributed by atoms with Gasteiger partial charge in [0.05, 0.1) is 6.61 Å². The van der Waals surface area contributed by atoms with Crippen molar-refractivity contribution in [2.24, 2.45) is 0 Å². The fourth-order valence-electron chi connectivity index (χ4n) is 3.51. The lowest BCUT2D eigenvalue weighted by molar-refractivity contribution is -0.126. The zero-order valence-corrected chi connectivity index (χ0v) is 14.7. The van der Waals surface area contributed by atoms with Gasteiger partial charge in [0.1, 0.15) is 0 Å². The summed E-state index contributed by atoms with van der Waals surface area (Å²) >= 11 is 0. The van der Waals surface area contributed by atoms with E-state index < -0.39 is 0 Å². The van der Waals surface area contributed by atoms with Crippen molar-refractivity contribution in [2.75, 3.05) is 58.2 Å². The predicted octanol–water partition coefficient (Wildman–Crippen LogP) is 0.320. The lowest BCUT2D eigenvalue weighted by Crippen LogP contribution is -2.47. The van der Waals surface area contributed by atoms with Gasteiger partial charge in [-0.15, -0.1) is 0 Å². The van der Waals surface area contributed by atoms with Gasteiger partial charge in [0.25, 0.3) is 0 Å². The molecule has 0 saturated carbocycles. The molecule has 2 heterocycles. The van der Waals surface area contributed by atoms with Crippen LogP contribution in [0.15, 0.2) is 30.4 Å². The highest BCUT2D eigenvalue weighted by atomic mass is 16.3. The van der Waals surface area contributed by atoms with E-state index in [1.807, 2.05) is 29.2 Å². The topological polar surface area (TPSA) is 73.0 Å². The predicted molar refractivity (Wildman–Crippen MR) is 99.1 cm³/mol. The van der Waals surface area contributed by atoms with Gasteiger partial charge in [0, 0.05) is 64.1 Å². The van der Waals surface area contributed by atoms with Crippen molar-refractivity contribution >= 4 is 11.6 Å². The van der Waals surface area contributed by atoms with E-state index >= 15 is 0 Å². The standard InChI is InChI=1S/C19H28N4O2/c20-18-4-3-17-15-23(7-5-16(17)14-18)19(25)2-1-6-21-8-10-22(11-9-21)12-13-24/h1-4,14,24H,5-13,15,20H2/b2-1+. The molecule has 0 atom stereocenters. The SMILES string of the molecule is Nc1ccc2c(c1)CCN(C(=O)/C=C/CN1CCN(CCO)CC1)C2. The number of nitrogen functional groups attached to an aromatic ring is 1. The van der Waals surface area contributed by atoms with Crippen LogP contribution in [0.5, 0.6) is 0 Å². The van der Waals surface area contributed by atoms with Crippen LogP contribution in [-0.4, -0.2) is 78.1 Å². The van der Waals surface area contributed by atoms with Gasteiger partial charge < -0.3 is 15.7 Å². The number of carbonyl (C=O) groups excluding carboxylic acids is 1. The van der Waals surface area contributed by atoms with Crippen molar-refractivity contribution in [2.45, 2.75) is 13.0 Å². The minimum absolute atomic E-state index is 0.0846. The van der Waals surface area contributed by atoms with Crippen LogP contribution in [0.1, 0.15) is 11.1 Å². The summed E-state index contributed by atoms with van der Waals surface area (Å²) in [5.41, 5.74) is 9.07. The quantitative estimate of drug-likeness (QED) is 0.594. The van der Waals surface area contributed by atoms with Crippen molar-refractivity contribution in [3.8, 4) is 0 Å². The molecule has 0 bridgehead atoms. The molecule has 25 heavy (non-hydrogen) atoms. The zero-order chi connectivity index (χ0) is 17.6. The van der Waals surface area contributed by atoms with Crippen LogP contribution < -0.4 is 5.73 Å². The van der Waals surface area contributed by atoms with Gasteiger partial charge >= 0.3 is 0 Å². The van der Waals surface area contributed by atoms with Gasteiger partial charge in [-0.05, 0) is 29.7 Å². The molecule has 0 unspecified atom stereocenters. The van der Waals surface area contributed by atoms with Crippen LogP contribution in [-0.2, 0) is 17.8 Å². The largest absolute Gasteiger partial charge is 0.399 e. The normalized spacial score (nSPS) is 19.3. The maximum Gasteiger partial charge on any atom is 0.246 e. The number of fused-ring (bicyclic) bond motifs is 1. The van der Waals surface area contributed by atoms with Crippen molar-refractivity contribution in [1.29, 1.82) is 0 Å². The summed E-state index contributed by atoms with van der Waals surface area (Å²) in [7, 11) is 0. The molecule has 1 saturated heterocycles. The first-order chi connectivity index (χ1) is 12.2. The second-order valence-electron chi connectivity index (χ2n) is 6.81. The number of nitrogens with zero attached hydrogens (tertiary/aromatic N) is 3. The number of piperazine rings is 1. The molecular formula is C19H28N4O2. The number of hydrogen-bond acceptors (Lipinski definition) is 5. The highest BCUT2D eigenvalue weighted by molar-refractivity contribution is 5.87. The van der Waals surface area contributed by atoms with Gasteiger partial charge in [0.2, 0.25) is 5.91 Å². The molecule has 0 radical (unpaired) electrons. The minimum Gasteiger partial charge on any atom is -0.399 e. The highest BCUT2D eigenvalue weighted by Gasteiger charge is 2.19. The molecule has 136 valence electrons. The first kappa shape index (κ1) is 17.9. The Kier molecular flexibility index (Phi) is 6.07. The molecular weight excluding hydrogens is 316 g/mol. The second-order valence-corrected chi connectivity index (χ2v) is 6.81. The van der Waals surface area contributed by atoms with Crippen molar-refractivity contribution < 1.29 is 9.90 Å². The van der Waals surface area contributed by atoms with E-state index in [9.17, 15) is 4.79 Å². The van der Waals surface area contributed by atoms with E-state index in [1.54, 1.807) is 6.08 Å². The average Bonchev–Trinajstić information content (AvgIpc) is 2.63. The Morgan fingerprint density at radius 2 is 1.88 bits per heavy atom. The number of anilines is 1. The zero-order valence-electron chi connectivity index (χ0n) is 14.7. The summed E-state index contributed by atoms with van der Waals surface area (Å²) in [6.45, 7) is 7.12. The van der Waals surface area contributed by atoms with E-state index in [0.717, 1.165) is 57.9 Å². The number of benzene rings is 1. The molecule has 3 rings (SSSR count). The van der Waals surface area contributed by atoms with Crippen molar-refractivity contribution in [1.82, 2.24) is 14.7 Å². The first-order valence-corrected chi connectivity index (χ1v) is 9.04. The third-order valence-electron chi connectivity index (χ3n) is 5.06. The van der Waals surface area contributed by atoms with Crippen LogP contribution in [0, 0.1) is 0 Å². The fourth-order valence-corrected chi connectivity index (χ4v) is 3.51. The summed E-state index contributed by atoms with van der Waals surface area (Å²) in [6.07, 6.45) is 4.55. The minimum atomic E-state index is 0.0846. The van der Waals surface area contributed by atoms with Crippen LogP contribution in [0.4, 0.5) is 5.69 Å². The van der Waals surface area contributed by atoms with E-state index in [1.165, 1.54) is 11.1 Å². The first-order valence-electron chi connectivity index (χ1n) is 9.04. The van der Waals surface area contributed by atoms with Crippen LogP contribution in [0.25, 0.3) is 0 Å². The van der Waals surface area contributed by atoms with E-state index in [4.69, 9.17) is 10.8 Å². The Hall–Kier alpha value is -1.89. The molecule has 3 N–H and O–H groups in total. The molecule has 1 fully saturated rings. The number of hydrogen-bond donors (Lipinski definition) is 2. The number of β-amino-alcohol motifs (C(OH)–C–C–N with tert-alkyl or cyclic N) is 1. The van der Waals surface area contributed by atoms with Crippen molar-refractivity contribution in [3.05, 3.63) is 41.5 Å². The fraction of sp³-hybridized carbons (Fsp3) is 0.526. The Morgan fingerprint density at radius 3 is 2.64 bits per heavy atom. The van der Waals surface area contributed by atoms with E-state index in [-0.39, 0.29) is 12.5 Å². The molecule has 1 aromatic carbocycles. The van der Waals surface area contributed by atoms with Crippen LogP contribution in [0.2, 0.25) is 0 Å². The van der Waals surface area contributed by atoms with Crippen LogP contribution in [0.3, 0.4) is 0 Å². The molecule has 6 nitrogen and oxygen atoms in total. The molecule has 2 aliphatic heterocycles. The number of nitrogens with two attached hydrogens (primary N) is 1. The molecule has 1 aromatic rings. The number of aliphatic hydroxyl groups excluding tert-OH is 1. The molecule has 0 spiro atoms. The second kappa shape index (κ2) is 8.47. The summed E-state index contributed by atoms with van der Waals surface area (Å²) in [6, 6.07) is 5.95. The van der Waals surface area contributed by atoms with Gasteiger partial charge in [0.15, 0.2) is 0 Å². The summed E-state index contributed by atoms with van der Waals surface area (Å²) in [5.74, 6) is 0.0846. The maximum atomic E-state index is 12.4. The average molecular weight is 344 g/mol. The number of rotatable bonds is 5. The summed E-state index contributed by atoms with van der Waals surface area (Å²) < 4.78 is 0. The van der Waals surface area contributed by atoms with E-state index in [2.05, 4.69) is 9.80 Å². The lowest BCUT2D eigenvalue weighted by atomic mass is 9.99. The summed E-state index contributed by atoms with van der Waals surface area (Å²) in [4.78, 5) is 18.9. The number of amides is 1. The smallest absolute Gasteiger partial charge is 0.246 e. The molecule has 0 aliphatic carbocycles. The maximum absolute atomic E-state index is 12.4. The highest BCUT2D eigenvalue weighted by Crippen LogP contribution is 2.21. The third kappa shape index (κ3) is 4.81. The molecule has 1 amide bonds. The monoisotopic (exact) mass is 344 g/mol. The molecule has 6 heteroatoms. The van der Waals surface area contributed by atoms with Gasteiger partial charge in [-0.1, -0.05) is 12.1 Å². The summed E-state index contributed by atoms with van der Waals surface area (Å²) in [5, 5.41) is 8.97.